The van der Waals surface area contributed by atoms with Crippen molar-refractivity contribution < 1.29 is 19.4 Å². The molecule has 0 aromatic heterocycles. The van der Waals surface area contributed by atoms with E-state index >= 15 is 0 Å². The van der Waals surface area contributed by atoms with Gasteiger partial charge in [0.05, 0.1) is 25.5 Å². The van der Waals surface area contributed by atoms with Crippen LogP contribution in [0.2, 0.25) is 0 Å². The molecule has 1 aromatic rings. The molecule has 1 spiro atoms. The molecule has 196 valence electrons. The molecule has 1 fully saturated rings. The van der Waals surface area contributed by atoms with Gasteiger partial charge in [0.25, 0.3) is 0 Å². The van der Waals surface area contributed by atoms with Gasteiger partial charge >= 0.3 is 0 Å². The third-order valence-electron chi connectivity index (χ3n) is 8.69. The first-order valence-corrected chi connectivity index (χ1v) is 13.4. The highest BCUT2D eigenvalue weighted by atomic mass is 16.5. The molecule has 1 amide bonds. The largest absolute Gasteiger partial charge is 0.508 e. The monoisotopic (exact) mass is 504 g/mol. The Balaban J connectivity index is 1.64. The number of hydrogen-bond donors (Lipinski definition) is 3. The van der Waals surface area contributed by atoms with E-state index in [0.29, 0.717) is 47.8 Å². The van der Waals surface area contributed by atoms with Gasteiger partial charge < -0.3 is 20.6 Å². The summed E-state index contributed by atoms with van der Waals surface area (Å²) in [4.78, 5) is 28.1. The zero-order chi connectivity index (χ0) is 26.2. The normalized spacial score (nSPS) is 35.9. The van der Waals surface area contributed by atoms with E-state index in [2.05, 4.69) is 42.8 Å². The molecule has 5 rings (SSSR count). The fourth-order valence-electron chi connectivity index (χ4n) is 6.84. The lowest BCUT2D eigenvalue weighted by Crippen LogP contribution is -2.60. The minimum atomic E-state index is -1.59. The van der Waals surface area contributed by atoms with Crippen molar-refractivity contribution in [2.75, 3.05) is 19.8 Å². The number of allylic oxidation sites excluding steroid dienone is 5. The van der Waals surface area contributed by atoms with E-state index in [1.54, 1.807) is 12.1 Å². The van der Waals surface area contributed by atoms with Gasteiger partial charge in [0.15, 0.2) is 11.2 Å². The lowest BCUT2D eigenvalue weighted by Gasteiger charge is -2.48. The molecule has 6 atom stereocenters. The average Bonchev–Trinajstić information content (AvgIpc) is 2.86. The molecule has 0 radical (unpaired) electrons. The predicted octanol–water partition coefficient (Wildman–Crippen LogP) is 4.22. The summed E-state index contributed by atoms with van der Waals surface area (Å²) in [5.41, 5.74) is 4.34. The van der Waals surface area contributed by atoms with Gasteiger partial charge in [-0.3, -0.25) is 9.59 Å². The van der Waals surface area contributed by atoms with Crippen molar-refractivity contribution in [3.05, 3.63) is 59.8 Å². The molecule has 2 aliphatic carbocycles. The maximum Gasteiger partial charge on any atom is 0.246 e. The molecule has 1 aromatic carbocycles. The molecule has 0 saturated heterocycles. The van der Waals surface area contributed by atoms with Crippen molar-refractivity contribution in [2.24, 2.45) is 40.1 Å². The fraction of sp³-hybridized carbons (Fsp3) is 0.500. The van der Waals surface area contributed by atoms with E-state index in [0.717, 1.165) is 6.42 Å². The second-order valence-electron chi connectivity index (χ2n) is 11.0. The molecule has 37 heavy (non-hydrogen) atoms. The SMILES string of the molecule is C/C=C/[C@@H]1[C@H]2C[C@@H](C)CC[C@@H]2C(C)=C[C@H]1/C1=N/NCCO[13CH2]C12C(=O)NC=C(c1ccc(O)cc1)C2=O. The Kier molecular flexibility index (Phi) is 7.08. The van der Waals surface area contributed by atoms with Gasteiger partial charge in [-0.05, 0) is 68.1 Å². The van der Waals surface area contributed by atoms with Crippen LogP contribution < -0.4 is 10.7 Å². The highest BCUT2D eigenvalue weighted by Gasteiger charge is 2.57. The Hall–Kier alpha value is -3.19. The molecular formula is C30H37N3O4. The quantitative estimate of drug-likeness (QED) is 0.325. The number of ketones is 1. The first-order valence-electron chi connectivity index (χ1n) is 13.4. The number of fused-ring (bicyclic) bond motifs is 1. The van der Waals surface area contributed by atoms with Crippen LogP contribution >= 0.6 is 0 Å². The molecule has 2 aliphatic heterocycles. The fourth-order valence-corrected chi connectivity index (χ4v) is 6.84. The van der Waals surface area contributed by atoms with Gasteiger partial charge in [0.2, 0.25) is 5.91 Å². The molecule has 7 nitrogen and oxygen atoms in total. The number of benzene rings is 1. The zero-order valence-electron chi connectivity index (χ0n) is 21.9. The summed E-state index contributed by atoms with van der Waals surface area (Å²) < 4.78 is 5.95. The predicted molar refractivity (Wildman–Crippen MR) is 143 cm³/mol. The second kappa shape index (κ2) is 10.3. The first kappa shape index (κ1) is 25.5. The van der Waals surface area contributed by atoms with Crippen LogP contribution in [0.15, 0.2) is 59.4 Å². The van der Waals surface area contributed by atoms with Gasteiger partial charge in [-0.1, -0.05) is 49.3 Å². The highest BCUT2D eigenvalue weighted by Crippen LogP contribution is 2.51. The van der Waals surface area contributed by atoms with Crippen LogP contribution in [0.1, 0.15) is 45.6 Å². The molecule has 1 saturated carbocycles. The Morgan fingerprint density at radius 1 is 1.19 bits per heavy atom. The highest BCUT2D eigenvalue weighted by molar-refractivity contribution is 6.41. The number of Topliss-reactive ketones (excluding diaryl/α,β-unsaturated/α-hetero) is 1. The smallest absolute Gasteiger partial charge is 0.246 e. The van der Waals surface area contributed by atoms with Crippen molar-refractivity contribution >= 4 is 23.0 Å². The minimum Gasteiger partial charge on any atom is -0.508 e. The van der Waals surface area contributed by atoms with E-state index in [4.69, 9.17) is 9.84 Å². The Morgan fingerprint density at radius 3 is 2.73 bits per heavy atom. The minimum absolute atomic E-state index is 0.0654. The van der Waals surface area contributed by atoms with Crippen molar-refractivity contribution in [1.29, 1.82) is 0 Å². The first-order chi connectivity index (χ1) is 17.9. The summed E-state index contributed by atoms with van der Waals surface area (Å²) in [6.45, 7) is 7.33. The molecule has 0 bridgehead atoms. The number of hydrazone groups is 1. The maximum absolute atomic E-state index is 14.4. The number of carbonyl (C=O) groups excluding carboxylic acids is 2. The lowest BCUT2D eigenvalue weighted by atomic mass is 9.57. The average molecular weight is 505 g/mol. The van der Waals surface area contributed by atoms with Crippen LogP contribution in [0.3, 0.4) is 0 Å². The summed E-state index contributed by atoms with van der Waals surface area (Å²) in [6, 6.07) is 6.45. The van der Waals surface area contributed by atoms with Crippen molar-refractivity contribution in [1.82, 2.24) is 10.7 Å². The molecule has 3 N–H and O–H groups in total. The Labute approximate surface area is 218 Å². The van der Waals surface area contributed by atoms with Gasteiger partial charge in [-0.2, -0.15) is 5.10 Å². The number of nitrogens with one attached hydrogen (secondary N) is 2. The van der Waals surface area contributed by atoms with E-state index in [-0.39, 0.29) is 30.0 Å². The Morgan fingerprint density at radius 2 is 1.97 bits per heavy atom. The molecule has 2 heterocycles. The second-order valence-corrected chi connectivity index (χ2v) is 11.0. The van der Waals surface area contributed by atoms with Crippen LogP contribution in [0.4, 0.5) is 0 Å². The van der Waals surface area contributed by atoms with E-state index in [9.17, 15) is 14.7 Å². The maximum atomic E-state index is 14.4. The van der Waals surface area contributed by atoms with Crippen LogP contribution in [0, 0.1) is 35.0 Å². The van der Waals surface area contributed by atoms with Gasteiger partial charge in [0, 0.05) is 17.7 Å². The number of rotatable bonds is 3. The van der Waals surface area contributed by atoms with Crippen LogP contribution in [0.25, 0.3) is 5.57 Å². The number of carbonyl (C=O) groups is 2. The van der Waals surface area contributed by atoms with E-state index in [1.807, 2.05) is 6.92 Å². The van der Waals surface area contributed by atoms with E-state index < -0.39 is 11.3 Å². The number of phenolic OH excluding ortho intramolecular Hbond substituents is 1. The van der Waals surface area contributed by atoms with Crippen LogP contribution in [-0.2, 0) is 14.3 Å². The third kappa shape index (κ3) is 4.43. The van der Waals surface area contributed by atoms with Gasteiger partial charge in [0.1, 0.15) is 5.75 Å². The van der Waals surface area contributed by atoms with E-state index in [1.165, 1.54) is 36.7 Å². The number of hydrogen-bond acceptors (Lipinski definition) is 6. The topological polar surface area (TPSA) is 100 Å². The summed E-state index contributed by atoms with van der Waals surface area (Å²) in [7, 11) is 0. The molecule has 1 unspecified atom stereocenters. The number of nitrogens with zero attached hydrogens (tertiary/aromatic N) is 1. The van der Waals surface area contributed by atoms with Gasteiger partial charge in [-0.15, -0.1) is 0 Å². The summed E-state index contributed by atoms with van der Waals surface area (Å²) in [5, 5.41) is 17.4. The third-order valence-corrected chi connectivity index (χ3v) is 8.69. The number of ether oxygens (including phenoxy) is 1. The Bertz CT molecular complexity index is 1180. The van der Waals surface area contributed by atoms with Crippen molar-refractivity contribution in [3.8, 4) is 5.75 Å². The van der Waals surface area contributed by atoms with Gasteiger partial charge in [-0.25, -0.2) is 0 Å². The number of amides is 1. The zero-order valence-corrected chi connectivity index (χ0v) is 21.9. The summed E-state index contributed by atoms with van der Waals surface area (Å²) in [5.74, 6) is 0.855. The lowest BCUT2D eigenvalue weighted by molar-refractivity contribution is -0.138. The molecular weight excluding hydrogens is 467 g/mol. The summed E-state index contributed by atoms with van der Waals surface area (Å²) >= 11 is 0. The number of phenols is 1. The van der Waals surface area contributed by atoms with Crippen molar-refractivity contribution in [3.63, 3.8) is 0 Å². The van der Waals surface area contributed by atoms with Crippen LogP contribution in [-0.4, -0.2) is 42.3 Å². The molecule has 4 aliphatic rings. The molecule has 7 heteroatoms. The number of aromatic hydroxyl groups is 1. The van der Waals surface area contributed by atoms with Crippen LogP contribution in [0.5, 0.6) is 5.75 Å². The van der Waals surface area contributed by atoms with Crippen molar-refractivity contribution in [2.45, 2.75) is 40.0 Å². The standard InChI is InChI=1S/C30H37N3O4/c1-4-5-23-24-14-18(2)6-11-22(24)19(3)15-25(23)27-30(17-37-13-12-32-33-27)28(35)26(16-31-29(30)36)20-7-9-21(34)10-8-20/h4-5,7-10,15-16,18,22-25,32,34H,6,11-14,17H2,1-3H3,(H,31,36)/b5-4+,33-27-/t18-,22+,23+,24-,25+,30?/m0/s1/i17+1. The summed E-state index contributed by atoms with van der Waals surface area (Å²) in [6.07, 6.45) is 11.6.